The molecule has 9 heteroatoms. The van der Waals surface area contributed by atoms with Crippen LogP contribution in [0.5, 0.6) is 5.88 Å². The highest BCUT2D eigenvalue weighted by atomic mass is 19.4. The summed E-state index contributed by atoms with van der Waals surface area (Å²) >= 11 is 0. The maximum Gasteiger partial charge on any atom is 0.418 e. The van der Waals surface area contributed by atoms with Crippen LogP contribution in [0, 0.1) is 5.92 Å². The van der Waals surface area contributed by atoms with Crippen molar-refractivity contribution in [3.05, 3.63) is 36.0 Å². The van der Waals surface area contributed by atoms with Gasteiger partial charge in [-0.05, 0) is 30.5 Å². The average Bonchev–Trinajstić information content (AvgIpc) is 3.02. The number of nitrogens with one attached hydrogen (secondary N) is 1. The Labute approximate surface area is 154 Å². The molecule has 1 atom stereocenters. The van der Waals surface area contributed by atoms with Crippen molar-refractivity contribution in [2.45, 2.75) is 32.5 Å². The zero-order chi connectivity index (χ0) is 19.6. The van der Waals surface area contributed by atoms with E-state index in [0.717, 1.165) is 12.5 Å². The maximum atomic E-state index is 13.5. The number of pyridine rings is 2. The molecule has 3 aromatic rings. The minimum atomic E-state index is -4.57. The lowest BCUT2D eigenvalue weighted by Gasteiger charge is -2.16. The number of ether oxygens (including phenoxy) is 1. The third-order valence-corrected chi connectivity index (χ3v) is 3.96. The fourth-order valence-corrected chi connectivity index (χ4v) is 2.84. The molecule has 144 valence electrons. The molecular formula is C18H20F3N5O. The first-order chi connectivity index (χ1) is 12.8. The van der Waals surface area contributed by atoms with Gasteiger partial charge in [0.25, 0.3) is 0 Å². The van der Waals surface area contributed by atoms with Crippen LogP contribution < -0.4 is 10.5 Å². The summed E-state index contributed by atoms with van der Waals surface area (Å²) in [6.45, 7) is 4.23. The zero-order valence-corrected chi connectivity index (χ0v) is 14.9. The van der Waals surface area contributed by atoms with Crippen molar-refractivity contribution in [1.29, 1.82) is 0 Å². The van der Waals surface area contributed by atoms with Crippen LogP contribution in [0.2, 0.25) is 0 Å². The number of nitrogens with two attached hydrogens (primary N) is 1. The second-order valence-corrected chi connectivity index (χ2v) is 6.72. The van der Waals surface area contributed by atoms with Gasteiger partial charge in [-0.1, -0.05) is 13.8 Å². The first kappa shape index (κ1) is 19.1. The van der Waals surface area contributed by atoms with Gasteiger partial charge in [-0.3, -0.25) is 5.10 Å². The van der Waals surface area contributed by atoms with E-state index in [-0.39, 0.29) is 29.9 Å². The summed E-state index contributed by atoms with van der Waals surface area (Å²) in [5.74, 6) is 0.465. The molecule has 0 radical (unpaired) electrons. The second-order valence-electron chi connectivity index (χ2n) is 6.72. The standard InChI is InChI=1S/C18H20F3N5O/c1-10(2)8-11(22)9-27-14-6-5-13(18(19,20)21)16(24-14)15-12-4-3-7-23-17(12)26-25-15/h3-7,10-11H,8-9,22H2,1-2H3,(H,23,25,26). The van der Waals surface area contributed by atoms with Gasteiger partial charge in [0.05, 0.1) is 11.3 Å². The van der Waals surface area contributed by atoms with Crippen molar-refractivity contribution >= 4 is 11.0 Å². The molecule has 27 heavy (non-hydrogen) atoms. The van der Waals surface area contributed by atoms with Gasteiger partial charge >= 0.3 is 6.18 Å². The normalized spacial score (nSPS) is 13.3. The third kappa shape index (κ3) is 4.36. The molecule has 0 fully saturated rings. The van der Waals surface area contributed by atoms with Crippen LogP contribution in [0.4, 0.5) is 13.2 Å². The van der Waals surface area contributed by atoms with Crippen LogP contribution in [0.15, 0.2) is 30.5 Å². The molecule has 0 bridgehead atoms. The van der Waals surface area contributed by atoms with Gasteiger partial charge in [0.15, 0.2) is 5.65 Å². The average molecular weight is 379 g/mol. The van der Waals surface area contributed by atoms with Crippen molar-refractivity contribution in [3.63, 3.8) is 0 Å². The summed E-state index contributed by atoms with van der Waals surface area (Å²) in [6, 6.07) is 5.18. The molecule has 3 aromatic heterocycles. The highest BCUT2D eigenvalue weighted by Gasteiger charge is 2.36. The first-order valence-electron chi connectivity index (χ1n) is 8.51. The summed E-state index contributed by atoms with van der Waals surface area (Å²) < 4.78 is 46.0. The predicted molar refractivity (Wildman–Crippen MR) is 95.0 cm³/mol. The Morgan fingerprint density at radius 1 is 1.22 bits per heavy atom. The smallest absolute Gasteiger partial charge is 0.418 e. The quantitative estimate of drug-likeness (QED) is 0.680. The molecule has 6 nitrogen and oxygen atoms in total. The Kier molecular flexibility index (Phi) is 5.31. The summed E-state index contributed by atoms with van der Waals surface area (Å²) in [4.78, 5) is 8.12. The monoisotopic (exact) mass is 379 g/mol. The molecule has 0 aliphatic rings. The minimum absolute atomic E-state index is 0.0730. The summed E-state index contributed by atoms with van der Waals surface area (Å²) in [5.41, 5.74) is 5.26. The van der Waals surface area contributed by atoms with Gasteiger partial charge < -0.3 is 10.5 Å². The molecule has 0 spiro atoms. The van der Waals surface area contributed by atoms with Crippen LogP contribution in [0.3, 0.4) is 0 Å². The Bertz CT molecular complexity index is 923. The topological polar surface area (TPSA) is 89.7 Å². The number of hydrogen-bond donors (Lipinski definition) is 2. The zero-order valence-electron chi connectivity index (χ0n) is 14.9. The molecule has 0 saturated heterocycles. The predicted octanol–water partition coefficient (Wildman–Crippen LogP) is 3.79. The number of rotatable bonds is 6. The fourth-order valence-electron chi connectivity index (χ4n) is 2.84. The van der Waals surface area contributed by atoms with Gasteiger partial charge in [0.1, 0.15) is 12.3 Å². The van der Waals surface area contributed by atoms with Crippen LogP contribution in [-0.4, -0.2) is 32.8 Å². The minimum Gasteiger partial charge on any atom is -0.476 e. The number of aromatic amines is 1. The number of H-pyrrole nitrogens is 1. The van der Waals surface area contributed by atoms with E-state index in [1.807, 2.05) is 13.8 Å². The summed E-state index contributed by atoms with van der Waals surface area (Å²) in [5, 5.41) is 7.00. The van der Waals surface area contributed by atoms with Crippen molar-refractivity contribution < 1.29 is 17.9 Å². The van der Waals surface area contributed by atoms with Gasteiger partial charge in [-0.25, -0.2) is 9.97 Å². The number of aromatic nitrogens is 4. The molecule has 1 unspecified atom stereocenters. The van der Waals surface area contributed by atoms with Crippen molar-refractivity contribution in [2.75, 3.05) is 6.61 Å². The van der Waals surface area contributed by atoms with Crippen LogP contribution >= 0.6 is 0 Å². The van der Waals surface area contributed by atoms with Crippen LogP contribution in [-0.2, 0) is 6.18 Å². The van der Waals surface area contributed by atoms with Crippen LogP contribution in [0.1, 0.15) is 25.8 Å². The van der Waals surface area contributed by atoms with Gasteiger partial charge in [0.2, 0.25) is 5.88 Å². The first-order valence-corrected chi connectivity index (χ1v) is 8.51. The molecule has 3 heterocycles. The molecule has 0 saturated carbocycles. The molecular weight excluding hydrogens is 359 g/mol. The number of fused-ring (bicyclic) bond motifs is 1. The number of alkyl halides is 3. The Balaban J connectivity index is 1.97. The lowest BCUT2D eigenvalue weighted by molar-refractivity contribution is -0.137. The number of nitrogens with zero attached hydrogens (tertiary/aromatic N) is 3. The Morgan fingerprint density at radius 2 is 2.00 bits per heavy atom. The van der Waals surface area contributed by atoms with Crippen molar-refractivity contribution in [3.8, 4) is 17.3 Å². The van der Waals surface area contributed by atoms with Gasteiger partial charge in [0, 0.05) is 23.7 Å². The molecule has 3 rings (SSSR count). The molecule has 0 aliphatic carbocycles. The number of halogens is 3. The van der Waals surface area contributed by atoms with E-state index in [1.54, 1.807) is 12.1 Å². The maximum absolute atomic E-state index is 13.5. The van der Waals surface area contributed by atoms with E-state index in [0.29, 0.717) is 17.0 Å². The highest BCUT2D eigenvalue weighted by molar-refractivity contribution is 5.90. The van der Waals surface area contributed by atoms with E-state index in [4.69, 9.17) is 10.5 Å². The van der Waals surface area contributed by atoms with Crippen LogP contribution in [0.25, 0.3) is 22.4 Å². The van der Waals surface area contributed by atoms with E-state index >= 15 is 0 Å². The SMILES string of the molecule is CC(C)CC(N)COc1ccc(C(F)(F)F)c(-c2[nH]nc3ncccc23)n1. The highest BCUT2D eigenvalue weighted by Crippen LogP contribution is 2.38. The van der Waals surface area contributed by atoms with Gasteiger partial charge in [-0.15, -0.1) is 0 Å². The molecule has 3 N–H and O–H groups in total. The number of hydrogen-bond acceptors (Lipinski definition) is 5. The van der Waals surface area contributed by atoms with E-state index in [1.165, 1.54) is 12.3 Å². The molecule has 0 aromatic carbocycles. The van der Waals surface area contributed by atoms with Crippen molar-refractivity contribution in [1.82, 2.24) is 20.2 Å². The van der Waals surface area contributed by atoms with E-state index in [9.17, 15) is 13.2 Å². The Morgan fingerprint density at radius 3 is 2.70 bits per heavy atom. The largest absolute Gasteiger partial charge is 0.476 e. The van der Waals surface area contributed by atoms with E-state index < -0.39 is 11.7 Å². The van der Waals surface area contributed by atoms with E-state index in [2.05, 4.69) is 20.2 Å². The lowest BCUT2D eigenvalue weighted by atomic mass is 10.1. The second kappa shape index (κ2) is 7.51. The van der Waals surface area contributed by atoms with Gasteiger partial charge in [-0.2, -0.15) is 18.3 Å². The lowest BCUT2D eigenvalue weighted by Crippen LogP contribution is -2.29. The summed E-state index contributed by atoms with van der Waals surface area (Å²) in [6.07, 6.45) is -2.32. The van der Waals surface area contributed by atoms with Crippen molar-refractivity contribution in [2.24, 2.45) is 11.7 Å². The fraction of sp³-hybridized carbons (Fsp3) is 0.389. The molecule has 0 amide bonds. The third-order valence-electron chi connectivity index (χ3n) is 3.96. The molecule has 0 aliphatic heterocycles. The summed E-state index contributed by atoms with van der Waals surface area (Å²) in [7, 11) is 0. The Hall–Kier alpha value is -2.68.